The standard InChI is InChI=1S/C19H23N/c1-4-8-17(9-5-2)12-13-20-15-16(3)14-18-10-6-7-11-19(18)20/h4-11,15H,1,12-14H2,2-3H3/b9-5-,17-8+. The molecular weight excluding hydrogens is 242 g/mol. The van der Waals surface area contributed by atoms with E-state index in [1.54, 1.807) is 0 Å². The average Bonchev–Trinajstić information content (AvgIpc) is 2.44. The maximum Gasteiger partial charge on any atom is 0.0442 e. The van der Waals surface area contributed by atoms with Gasteiger partial charge >= 0.3 is 0 Å². The molecule has 0 unspecified atom stereocenters. The molecule has 0 amide bonds. The van der Waals surface area contributed by atoms with Gasteiger partial charge in [0, 0.05) is 18.4 Å². The lowest BCUT2D eigenvalue weighted by Gasteiger charge is -2.28. The van der Waals surface area contributed by atoms with E-state index in [2.05, 4.69) is 74.0 Å². The Morgan fingerprint density at radius 3 is 2.90 bits per heavy atom. The van der Waals surface area contributed by atoms with Crippen LogP contribution in [-0.4, -0.2) is 6.54 Å². The number of hydrogen-bond donors (Lipinski definition) is 0. The minimum atomic E-state index is 0.998. The third kappa shape index (κ3) is 3.51. The molecule has 2 rings (SSSR count). The molecule has 1 aliphatic rings. The Hall–Kier alpha value is -2.02. The molecule has 0 radical (unpaired) electrons. The van der Waals surface area contributed by atoms with Crippen LogP contribution in [0.15, 0.2) is 72.5 Å². The van der Waals surface area contributed by atoms with Crippen molar-refractivity contribution in [3.8, 4) is 0 Å². The molecule has 0 spiro atoms. The van der Waals surface area contributed by atoms with Crippen LogP contribution in [0.1, 0.15) is 25.8 Å². The molecule has 104 valence electrons. The zero-order valence-electron chi connectivity index (χ0n) is 12.5. The van der Waals surface area contributed by atoms with Crippen molar-refractivity contribution in [1.29, 1.82) is 0 Å². The second kappa shape index (κ2) is 6.95. The van der Waals surface area contributed by atoms with Gasteiger partial charge in [-0.25, -0.2) is 0 Å². The topological polar surface area (TPSA) is 3.24 Å². The first kappa shape index (κ1) is 14.4. The number of anilines is 1. The summed E-state index contributed by atoms with van der Waals surface area (Å²) in [5.74, 6) is 0. The van der Waals surface area contributed by atoms with E-state index in [0.29, 0.717) is 0 Å². The van der Waals surface area contributed by atoms with Crippen LogP contribution in [-0.2, 0) is 6.42 Å². The summed E-state index contributed by atoms with van der Waals surface area (Å²) in [4.78, 5) is 2.37. The summed E-state index contributed by atoms with van der Waals surface area (Å²) in [5.41, 5.74) is 5.50. The Bertz CT molecular complexity index is 561. The third-order valence-corrected chi connectivity index (χ3v) is 3.50. The summed E-state index contributed by atoms with van der Waals surface area (Å²) >= 11 is 0. The lowest BCUT2D eigenvalue weighted by atomic mass is 10.00. The van der Waals surface area contributed by atoms with Crippen LogP contribution in [0.4, 0.5) is 5.69 Å². The summed E-state index contributed by atoms with van der Waals surface area (Å²) in [5, 5.41) is 0. The minimum absolute atomic E-state index is 0.998. The zero-order valence-corrected chi connectivity index (χ0v) is 12.5. The van der Waals surface area contributed by atoms with Crippen LogP contribution in [0.25, 0.3) is 0 Å². The second-order valence-electron chi connectivity index (χ2n) is 5.20. The van der Waals surface area contributed by atoms with E-state index in [-0.39, 0.29) is 0 Å². The fourth-order valence-electron chi connectivity index (χ4n) is 2.64. The van der Waals surface area contributed by atoms with E-state index in [0.717, 1.165) is 19.4 Å². The highest BCUT2D eigenvalue weighted by atomic mass is 15.1. The Labute approximate surface area is 122 Å². The predicted octanol–water partition coefficient (Wildman–Crippen LogP) is 5.03. The van der Waals surface area contributed by atoms with Crippen molar-refractivity contribution in [2.45, 2.75) is 26.7 Å². The summed E-state index contributed by atoms with van der Waals surface area (Å²) in [6.45, 7) is 9.04. The van der Waals surface area contributed by atoms with Gasteiger partial charge in [0.15, 0.2) is 0 Å². The van der Waals surface area contributed by atoms with Crippen LogP contribution in [0, 0.1) is 0 Å². The molecule has 1 aromatic carbocycles. The molecule has 0 fully saturated rings. The Morgan fingerprint density at radius 1 is 1.35 bits per heavy atom. The van der Waals surface area contributed by atoms with Gasteiger partial charge < -0.3 is 4.90 Å². The number of rotatable bonds is 5. The third-order valence-electron chi connectivity index (χ3n) is 3.50. The van der Waals surface area contributed by atoms with E-state index in [9.17, 15) is 0 Å². The fraction of sp³-hybridized carbons (Fsp3) is 0.263. The molecule has 0 saturated carbocycles. The number of hydrogen-bond acceptors (Lipinski definition) is 1. The fourth-order valence-corrected chi connectivity index (χ4v) is 2.64. The van der Waals surface area contributed by atoms with Crippen molar-refractivity contribution >= 4 is 5.69 Å². The molecule has 1 aliphatic heterocycles. The van der Waals surface area contributed by atoms with E-state index in [4.69, 9.17) is 0 Å². The first-order valence-corrected chi connectivity index (χ1v) is 7.20. The summed E-state index contributed by atoms with van der Waals surface area (Å²) in [6.07, 6.45) is 12.6. The summed E-state index contributed by atoms with van der Waals surface area (Å²) in [6, 6.07) is 8.68. The molecule has 0 atom stereocenters. The lowest BCUT2D eigenvalue weighted by molar-refractivity contribution is 0.874. The first-order valence-electron chi connectivity index (χ1n) is 7.20. The number of benzene rings is 1. The van der Waals surface area contributed by atoms with Crippen LogP contribution < -0.4 is 4.90 Å². The van der Waals surface area contributed by atoms with Crippen LogP contribution in [0.3, 0.4) is 0 Å². The highest BCUT2D eigenvalue weighted by Crippen LogP contribution is 2.29. The monoisotopic (exact) mass is 265 g/mol. The van der Waals surface area contributed by atoms with Gasteiger partial charge in [0.2, 0.25) is 0 Å². The Kier molecular flexibility index (Phi) is 5.00. The van der Waals surface area contributed by atoms with Gasteiger partial charge in [-0.1, -0.05) is 54.7 Å². The van der Waals surface area contributed by atoms with Crippen molar-refractivity contribution in [2.24, 2.45) is 0 Å². The van der Waals surface area contributed by atoms with E-state index in [1.165, 1.54) is 22.4 Å². The molecule has 1 heterocycles. The van der Waals surface area contributed by atoms with Crippen LogP contribution >= 0.6 is 0 Å². The highest BCUT2D eigenvalue weighted by Gasteiger charge is 2.14. The Balaban J connectivity index is 2.14. The quantitative estimate of drug-likeness (QED) is 0.675. The van der Waals surface area contributed by atoms with E-state index in [1.807, 2.05) is 6.08 Å². The first-order chi connectivity index (χ1) is 9.74. The number of fused-ring (bicyclic) bond motifs is 1. The highest BCUT2D eigenvalue weighted by molar-refractivity contribution is 5.60. The minimum Gasteiger partial charge on any atom is -0.347 e. The van der Waals surface area contributed by atoms with Gasteiger partial charge in [-0.3, -0.25) is 0 Å². The van der Waals surface area contributed by atoms with E-state index < -0.39 is 0 Å². The van der Waals surface area contributed by atoms with Gasteiger partial charge in [-0.2, -0.15) is 0 Å². The Morgan fingerprint density at radius 2 is 2.15 bits per heavy atom. The van der Waals surface area contributed by atoms with Crippen molar-refractivity contribution in [2.75, 3.05) is 11.4 Å². The molecule has 1 nitrogen and oxygen atoms in total. The van der Waals surface area contributed by atoms with Crippen LogP contribution in [0.2, 0.25) is 0 Å². The second-order valence-corrected chi connectivity index (χ2v) is 5.20. The maximum atomic E-state index is 3.79. The maximum absolute atomic E-state index is 3.79. The summed E-state index contributed by atoms with van der Waals surface area (Å²) < 4.78 is 0. The lowest BCUT2D eigenvalue weighted by Crippen LogP contribution is -2.23. The molecular formula is C19H23N. The molecule has 0 aromatic heterocycles. The number of nitrogens with zero attached hydrogens (tertiary/aromatic N) is 1. The molecule has 1 aromatic rings. The smallest absolute Gasteiger partial charge is 0.0442 e. The van der Waals surface area contributed by atoms with Gasteiger partial charge in [0.05, 0.1) is 0 Å². The SMILES string of the molecule is C=C/C=C(\C=C/C)CCN1C=C(C)Cc2ccccc21. The van der Waals surface area contributed by atoms with Crippen molar-refractivity contribution in [3.63, 3.8) is 0 Å². The molecule has 20 heavy (non-hydrogen) atoms. The molecule has 1 heteroatoms. The molecule has 0 bridgehead atoms. The molecule has 0 saturated heterocycles. The van der Waals surface area contributed by atoms with Crippen molar-refractivity contribution in [1.82, 2.24) is 0 Å². The average molecular weight is 265 g/mol. The predicted molar refractivity (Wildman–Crippen MR) is 89.0 cm³/mol. The van der Waals surface area contributed by atoms with Gasteiger partial charge in [0.25, 0.3) is 0 Å². The van der Waals surface area contributed by atoms with E-state index >= 15 is 0 Å². The van der Waals surface area contributed by atoms with Crippen molar-refractivity contribution in [3.05, 3.63) is 78.1 Å². The van der Waals surface area contributed by atoms with Crippen LogP contribution in [0.5, 0.6) is 0 Å². The molecule has 0 N–H and O–H groups in total. The normalized spacial score (nSPS) is 15.2. The number of para-hydroxylation sites is 1. The van der Waals surface area contributed by atoms with Gasteiger partial charge in [-0.05, 0) is 43.9 Å². The summed E-state index contributed by atoms with van der Waals surface area (Å²) in [7, 11) is 0. The van der Waals surface area contributed by atoms with Crippen molar-refractivity contribution < 1.29 is 0 Å². The number of allylic oxidation sites excluding steroid dienone is 5. The molecule has 0 aliphatic carbocycles. The largest absolute Gasteiger partial charge is 0.347 e. The van der Waals surface area contributed by atoms with Gasteiger partial charge in [0.1, 0.15) is 0 Å². The zero-order chi connectivity index (χ0) is 14.4. The van der Waals surface area contributed by atoms with Gasteiger partial charge in [-0.15, -0.1) is 0 Å².